The summed E-state index contributed by atoms with van der Waals surface area (Å²) in [6.07, 6.45) is 3.23. The Kier molecular flexibility index (Phi) is 5.23. The molecule has 3 atom stereocenters. The quantitative estimate of drug-likeness (QED) is 0.827. The number of ether oxygens (including phenoxy) is 1. The summed E-state index contributed by atoms with van der Waals surface area (Å²) in [5.74, 6) is 0.806. The predicted octanol–water partition coefficient (Wildman–Crippen LogP) is 2.16. The third-order valence-electron chi connectivity index (χ3n) is 6.39. The molecule has 0 bridgehead atoms. The Balaban J connectivity index is 1.48. The van der Waals surface area contributed by atoms with E-state index in [-0.39, 0.29) is 24.1 Å². The van der Waals surface area contributed by atoms with Crippen molar-refractivity contribution in [2.24, 2.45) is 5.92 Å². The normalized spacial score (nSPS) is 28.3. The molecule has 3 aliphatic heterocycles. The first-order chi connectivity index (χ1) is 13.9. The van der Waals surface area contributed by atoms with Crippen molar-refractivity contribution < 1.29 is 19.1 Å². The molecule has 3 heterocycles. The van der Waals surface area contributed by atoms with Crippen LogP contribution in [0, 0.1) is 5.92 Å². The highest BCUT2D eigenvalue weighted by molar-refractivity contribution is 5.98. The second kappa shape index (κ2) is 7.69. The van der Waals surface area contributed by atoms with Gasteiger partial charge in [0.2, 0.25) is 11.8 Å². The Morgan fingerprint density at radius 1 is 1.24 bits per heavy atom. The third-order valence-corrected chi connectivity index (χ3v) is 6.39. The van der Waals surface area contributed by atoms with Gasteiger partial charge in [0, 0.05) is 38.9 Å². The number of nitrogens with zero attached hydrogens (tertiary/aromatic N) is 2. The van der Waals surface area contributed by atoms with Gasteiger partial charge in [-0.15, -0.1) is 0 Å². The van der Waals surface area contributed by atoms with Crippen molar-refractivity contribution in [2.75, 3.05) is 19.6 Å². The molecule has 0 aliphatic carbocycles. The standard InChI is InChI=1S/C22H29N3O4/c1-15-6-5-12-24(14-15)21(28)16(2)25-13-11-22(10-9-19(25)26)23-20(27)17-7-3-4-8-18(17)29-22/h3-4,7-8,15-16H,5-6,9-14H2,1-2H3,(H,23,27). The first-order valence-electron chi connectivity index (χ1n) is 10.6. The van der Waals surface area contributed by atoms with Crippen LogP contribution < -0.4 is 10.1 Å². The molecule has 3 amide bonds. The number of hydrogen-bond donors (Lipinski definition) is 1. The van der Waals surface area contributed by atoms with Crippen molar-refractivity contribution in [3.05, 3.63) is 29.8 Å². The average Bonchev–Trinajstić information content (AvgIpc) is 2.86. The largest absolute Gasteiger partial charge is 0.467 e. The highest BCUT2D eigenvalue weighted by Crippen LogP contribution is 2.34. The summed E-state index contributed by atoms with van der Waals surface area (Å²) in [4.78, 5) is 42.0. The van der Waals surface area contributed by atoms with Crippen LogP contribution in [0.4, 0.5) is 0 Å². The number of fused-ring (bicyclic) bond motifs is 1. The van der Waals surface area contributed by atoms with Crippen molar-refractivity contribution in [2.45, 2.75) is 57.7 Å². The average molecular weight is 399 g/mol. The number of hydrogen-bond acceptors (Lipinski definition) is 4. The van der Waals surface area contributed by atoms with E-state index in [1.54, 1.807) is 23.1 Å². The van der Waals surface area contributed by atoms with Crippen LogP contribution in [0.15, 0.2) is 24.3 Å². The van der Waals surface area contributed by atoms with E-state index in [1.165, 1.54) is 0 Å². The van der Waals surface area contributed by atoms with Crippen LogP contribution in [-0.4, -0.2) is 58.9 Å². The highest BCUT2D eigenvalue weighted by Gasteiger charge is 2.44. The number of carbonyl (C=O) groups is 3. The van der Waals surface area contributed by atoms with Crippen LogP contribution in [0.5, 0.6) is 5.75 Å². The van der Waals surface area contributed by atoms with E-state index in [2.05, 4.69) is 12.2 Å². The summed E-state index contributed by atoms with van der Waals surface area (Å²) in [5.41, 5.74) is -0.397. The number of carbonyl (C=O) groups excluding carboxylic acids is 3. The fourth-order valence-corrected chi connectivity index (χ4v) is 4.68. The van der Waals surface area contributed by atoms with Crippen LogP contribution in [0.3, 0.4) is 0 Å². The fraction of sp³-hybridized carbons (Fsp3) is 0.591. The fourth-order valence-electron chi connectivity index (χ4n) is 4.68. The van der Waals surface area contributed by atoms with E-state index in [0.29, 0.717) is 36.6 Å². The topological polar surface area (TPSA) is 79.0 Å². The molecule has 7 heteroatoms. The Hall–Kier alpha value is -2.57. The van der Waals surface area contributed by atoms with Gasteiger partial charge < -0.3 is 19.9 Å². The molecule has 7 nitrogen and oxygen atoms in total. The highest BCUT2D eigenvalue weighted by atomic mass is 16.5. The maximum Gasteiger partial charge on any atom is 0.258 e. The first-order valence-corrected chi connectivity index (χ1v) is 10.6. The molecule has 1 N–H and O–H groups in total. The van der Waals surface area contributed by atoms with Crippen LogP contribution in [0.2, 0.25) is 0 Å². The molecule has 29 heavy (non-hydrogen) atoms. The molecule has 156 valence electrons. The zero-order valence-electron chi connectivity index (χ0n) is 17.1. The lowest BCUT2D eigenvalue weighted by Crippen LogP contribution is -2.56. The van der Waals surface area contributed by atoms with Crippen LogP contribution in [0.1, 0.15) is 56.3 Å². The van der Waals surface area contributed by atoms with Gasteiger partial charge in [0.15, 0.2) is 5.72 Å². The molecule has 2 fully saturated rings. The van der Waals surface area contributed by atoms with E-state index < -0.39 is 11.8 Å². The van der Waals surface area contributed by atoms with Crippen LogP contribution >= 0.6 is 0 Å². The minimum absolute atomic E-state index is 0.0137. The van der Waals surface area contributed by atoms with Crippen molar-refractivity contribution in [1.29, 1.82) is 0 Å². The molecule has 4 rings (SSSR count). The second-order valence-corrected chi connectivity index (χ2v) is 8.59. The van der Waals surface area contributed by atoms with Crippen molar-refractivity contribution >= 4 is 17.7 Å². The smallest absolute Gasteiger partial charge is 0.258 e. The number of nitrogens with one attached hydrogen (secondary N) is 1. The van der Waals surface area contributed by atoms with Gasteiger partial charge in [-0.25, -0.2) is 0 Å². The number of rotatable bonds is 2. The lowest BCUT2D eigenvalue weighted by molar-refractivity contribution is -0.145. The SMILES string of the molecule is CC1CCCN(C(=O)C(C)N2CCC3(CCC2=O)NC(=O)c2ccccc2O3)C1. The summed E-state index contributed by atoms with van der Waals surface area (Å²) in [7, 11) is 0. The molecule has 3 aliphatic rings. The molecule has 0 saturated carbocycles. The molecule has 1 aromatic rings. The summed E-state index contributed by atoms with van der Waals surface area (Å²) in [6.45, 7) is 5.86. The van der Waals surface area contributed by atoms with E-state index in [0.717, 1.165) is 25.9 Å². The Bertz CT molecular complexity index is 826. The monoisotopic (exact) mass is 399 g/mol. The second-order valence-electron chi connectivity index (χ2n) is 8.59. The summed E-state index contributed by atoms with van der Waals surface area (Å²) >= 11 is 0. The summed E-state index contributed by atoms with van der Waals surface area (Å²) in [6, 6.07) is 6.64. The maximum absolute atomic E-state index is 13.0. The Morgan fingerprint density at radius 3 is 2.83 bits per heavy atom. The van der Waals surface area contributed by atoms with Crippen molar-refractivity contribution in [3.63, 3.8) is 0 Å². The van der Waals surface area contributed by atoms with Gasteiger partial charge in [-0.05, 0) is 37.8 Å². The lowest BCUT2D eigenvalue weighted by Gasteiger charge is -2.39. The van der Waals surface area contributed by atoms with Gasteiger partial charge >= 0.3 is 0 Å². The number of amides is 3. The molecular weight excluding hydrogens is 370 g/mol. The molecule has 1 aromatic carbocycles. The minimum Gasteiger partial charge on any atom is -0.467 e. The minimum atomic E-state index is -0.905. The summed E-state index contributed by atoms with van der Waals surface area (Å²) in [5, 5.41) is 2.97. The van der Waals surface area contributed by atoms with E-state index in [1.807, 2.05) is 17.9 Å². The third kappa shape index (κ3) is 3.82. The van der Waals surface area contributed by atoms with Gasteiger partial charge in [-0.2, -0.15) is 0 Å². The zero-order chi connectivity index (χ0) is 20.6. The van der Waals surface area contributed by atoms with Gasteiger partial charge in [0.1, 0.15) is 11.8 Å². The molecule has 3 unspecified atom stereocenters. The molecular formula is C22H29N3O4. The maximum atomic E-state index is 13.0. The summed E-state index contributed by atoms with van der Waals surface area (Å²) < 4.78 is 6.17. The first kappa shape index (κ1) is 19.7. The van der Waals surface area contributed by atoms with Gasteiger partial charge in [0.25, 0.3) is 5.91 Å². The molecule has 1 spiro atoms. The zero-order valence-corrected chi connectivity index (χ0v) is 17.1. The number of likely N-dealkylation sites (tertiary alicyclic amines) is 2. The molecule has 0 radical (unpaired) electrons. The Morgan fingerprint density at radius 2 is 2.03 bits per heavy atom. The van der Waals surface area contributed by atoms with Crippen LogP contribution in [0.25, 0.3) is 0 Å². The van der Waals surface area contributed by atoms with Gasteiger partial charge in [-0.3, -0.25) is 14.4 Å². The van der Waals surface area contributed by atoms with Gasteiger partial charge in [-0.1, -0.05) is 19.1 Å². The lowest BCUT2D eigenvalue weighted by atomic mass is 9.99. The van der Waals surface area contributed by atoms with Gasteiger partial charge in [0.05, 0.1) is 5.56 Å². The number of piperidine rings is 1. The van der Waals surface area contributed by atoms with E-state index in [9.17, 15) is 14.4 Å². The van der Waals surface area contributed by atoms with Crippen molar-refractivity contribution in [3.8, 4) is 5.75 Å². The predicted molar refractivity (Wildman–Crippen MR) is 107 cm³/mol. The number of para-hydroxylation sites is 1. The Labute approximate surface area is 171 Å². The van der Waals surface area contributed by atoms with E-state index >= 15 is 0 Å². The number of benzene rings is 1. The molecule has 2 saturated heterocycles. The van der Waals surface area contributed by atoms with E-state index in [4.69, 9.17) is 4.74 Å². The molecule has 0 aromatic heterocycles. The van der Waals surface area contributed by atoms with Crippen molar-refractivity contribution in [1.82, 2.24) is 15.1 Å². The van der Waals surface area contributed by atoms with Crippen LogP contribution in [-0.2, 0) is 9.59 Å².